The van der Waals surface area contributed by atoms with Crippen molar-refractivity contribution in [3.05, 3.63) is 23.3 Å². The fourth-order valence-electron chi connectivity index (χ4n) is 6.20. The first kappa shape index (κ1) is 19.8. The third kappa shape index (κ3) is 3.25. The maximum Gasteiger partial charge on any atom is 0.242 e. The normalized spacial score (nSPS) is 33.1. The first-order chi connectivity index (χ1) is 13.3. The van der Waals surface area contributed by atoms with Crippen LogP contribution < -0.4 is 9.16 Å². The molecule has 0 bridgehead atoms. The molecule has 0 heterocycles. The topological polar surface area (TPSA) is 40.0 Å². The molecule has 4 atom stereocenters. The lowest BCUT2D eigenvalue weighted by Crippen LogP contribution is -2.42. The van der Waals surface area contributed by atoms with Crippen molar-refractivity contribution in [3.63, 3.8) is 0 Å². The SMILES string of the molecule is CO/N=C1\CC[C@H]2[C@@H]3CCc4cc(OC)c(O[Si](C)(C)C)cc4[C@H]3CC[C@]12C. The predicted octanol–water partition coefficient (Wildman–Crippen LogP) is 5.77. The molecule has 0 N–H and O–H groups in total. The van der Waals surface area contributed by atoms with Crippen LogP contribution in [0.25, 0.3) is 0 Å². The summed E-state index contributed by atoms with van der Waals surface area (Å²) in [5, 5.41) is 4.42. The molecule has 0 saturated heterocycles. The third-order valence-electron chi connectivity index (χ3n) is 7.37. The second kappa shape index (κ2) is 7.08. The molecule has 0 amide bonds. The van der Waals surface area contributed by atoms with Gasteiger partial charge in [0.1, 0.15) is 12.9 Å². The van der Waals surface area contributed by atoms with E-state index in [1.165, 1.54) is 42.5 Å². The lowest BCUT2D eigenvalue weighted by Gasteiger charge is -2.49. The number of nitrogens with zero attached hydrogens (tertiary/aromatic N) is 1. The van der Waals surface area contributed by atoms with E-state index in [-0.39, 0.29) is 5.41 Å². The number of hydrogen-bond donors (Lipinski definition) is 0. The average molecular weight is 402 g/mol. The molecule has 0 spiro atoms. The Morgan fingerprint density at radius 1 is 1.04 bits per heavy atom. The summed E-state index contributed by atoms with van der Waals surface area (Å²) in [5.41, 5.74) is 4.50. The van der Waals surface area contributed by atoms with Crippen molar-refractivity contribution in [1.29, 1.82) is 0 Å². The molecular formula is C23H35NO3Si. The molecule has 0 radical (unpaired) electrons. The van der Waals surface area contributed by atoms with E-state index >= 15 is 0 Å². The van der Waals surface area contributed by atoms with Crippen LogP contribution in [0.2, 0.25) is 19.6 Å². The number of oxime groups is 1. The Balaban J connectivity index is 1.69. The van der Waals surface area contributed by atoms with Gasteiger partial charge in [0.25, 0.3) is 0 Å². The molecule has 4 rings (SSSR count). The van der Waals surface area contributed by atoms with E-state index < -0.39 is 8.32 Å². The number of hydrogen-bond acceptors (Lipinski definition) is 4. The zero-order chi connectivity index (χ0) is 20.1. The van der Waals surface area contributed by atoms with Crippen molar-refractivity contribution in [2.75, 3.05) is 14.2 Å². The molecular weight excluding hydrogens is 366 g/mol. The zero-order valence-electron chi connectivity index (χ0n) is 18.3. The molecule has 154 valence electrons. The summed E-state index contributed by atoms with van der Waals surface area (Å²) in [7, 11) is 1.74. The molecule has 3 aliphatic carbocycles. The van der Waals surface area contributed by atoms with Gasteiger partial charge in [-0.2, -0.15) is 0 Å². The van der Waals surface area contributed by atoms with Crippen LogP contribution in [0.1, 0.15) is 56.1 Å². The van der Waals surface area contributed by atoms with Gasteiger partial charge in [0, 0.05) is 5.41 Å². The molecule has 0 aromatic heterocycles. The highest BCUT2D eigenvalue weighted by atomic mass is 28.4. The minimum absolute atomic E-state index is 0.221. The molecule has 28 heavy (non-hydrogen) atoms. The highest BCUT2D eigenvalue weighted by Gasteiger charge is 2.53. The van der Waals surface area contributed by atoms with Crippen molar-refractivity contribution in [1.82, 2.24) is 0 Å². The number of aryl methyl sites for hydroxylation is 1. The minimum Gasteiger partial charge on any atom is -0.542 e. The Labute approximate surface area is 170 Å². The maximum absolute atomic E-state index is 6.40. The minimum atomic E-state index is -1.70. The van der Waals surface area contributed by atoms with E-state index in [1.807, 2.05) is 0 Å². The summed E-state index contributed by atoms with van der Waals surface area (Å²) in [6, 6.07) is 4.58. The summed E-state index contributed by atoms with van der Waals surface area (Å²) in [6.45, 7) is 9.13. The molecule has 1 aromatic carbocycles. The number of fused-ring (bicyclic) bond motifs is 5. The van der Waals surface area contributed by atoms with Crippen LogP contribution >= 0.6 is 0 Å². The highest BCUT2D eigenvalue weighted by molar-refractivity contribution is 6.70. The van der Waals surface area contributed by atoms with Gasteiger partial charge in [-0.3, -0.25) is 0 Å². The Bertz CT molecular complexity index is 785. The van der Waals surface area contributed by atoms with Crippen molar-refractivity contribution in [3.8, 4) is 11.5 Å². The Kier molecular flexibility index (Phi) is 5.01. The number of methoxy groups -OCH3 is 1. The van der Waals surface area contributed by atoms with Crippen molar-refractivity contribution < 1.29 is 14.0 Å². The summed E-state index contributed by atoms with van der Waals surface area (Å²) in [6.07, 6.45) is 7.20. The van der Waals surface area contributed by atoms with E-state index in [0.29, 0.717) is 5.92 Å². The van der Waals surface area contributed by atoms with Gasteiger partial charge in [-0.05, 0) is 99.2 Å². The second-order valence-corrected chi connectivity index (χ2v) is 14.5. The van der Waals surface area contributed by atoms with E-state index in [4.69, 9.17) is 14.0 Å². The van der Waals surface area contributed by atoms with Crippen LogP contribution in [0.4, 0.5) is 0 Å². The summed E-state index contributed by atoms with van der Waals surface area (Å²) in [5.74, 6) is 3.94. The Morgan fingerprint density at radius 3 is 2.50 bits per heavy atom. The summed E-state index contributed by atoms with van der Waals surface area (Å²) < 4.78 is 12.1. The fraction of sp³-hybridized carbons (Fsp3) is 0.696. The molecule has 3 aliphatic rings. The molecule has 0 unspecified atom stereocenters. The standard InChI is InChI=1S/C23H35NO3Si/c1-23-12-11-16-17(19(23)9-10-22(23)24-26-3)8-7-15-13-20(25-2)21(14-18(15)16)27-28(4,5)6/h13-14,16-17,19H,7-12H2,1-6H3/b24-22+/t16-,17+,19-,23-/m0/s1. The number of rotatable bonds is 4. The lowest BCUT2D eigenvalue weighted by molar-refractivity contribution is 0.0923. The molecule has 2 saturated carbocycles. The largest absolute Gasteiger partial charge is 0.542 e. The van der Waals surface area contributed by atoms with E-state index in [9.17, 15) is 0 Å². The van der Waals surface area contributed by atoms with Gasteiger partial charge < -0.3 is 14.0 Å². The van der Waals surface area contributed by atoms with Gasteiger partial charge in [0.05, 0.1) is 12.8 Å². The van der Waals surface area contributed by atoms with Gasteiger partial charge >= 0.3 is 0 Å². The van der Waals surface area contributed by atoms with Crippen LogP contribution in [0.15, 0.2) is 17.3 Å². The van der Waals surface area contributed by atoms with Crippen molar-refractivity contribution in [2.24, 2.45) is 22.4 Å². The molecule has 0 aliphatic heterocycles. The first-order valence-corrected chi connectivity index (χ1v) is 14.2. The molecule has 5 heteroatoms. The lowest BCUT2D eigenvalue weighted by atomic mass is 9.55. The predicted molar refractivity (Wildman–Crippen MR) is 116 cm³/mol. The summed E-state index contributed by atoms with van der Waals surface area (Å²) in [4.78, 5) is 5.18. The van der Waals surface area contributed by atoms with Crippen molar-refractivity contribution >= 4 is 14.0 Å². The van der Waals surface area contributed by atoms with Crippen molar-refractivity contribution in [2.45, 2.75) is 71.0 Å². The monoisotopic (exact) mass is 401 g/mol. The van der Waals surface area contributed by atoms with Crippen LogP contribution in [-0.4, -0.2) is 28.2 Å². The summed E-state index contributed by atoms with van der Waals surface area (Å²) >= 11 is 0. The van der Waals surface area contributed by atoms with E-state index in [2.05, 4.69) is 43.9 Å². The van der Waals surface area contributed by atoms with Gasteiger partial charge in [0.15, 0.2) is 5.75 Å². The number of benzene rings is 1. The van der Waals surface area contributed by atoms with E-state index in [1.54, 1.807) is 14.2 Å². The van der Waals surface area contributed by atoms with Gasteiger partial charge in [-0.1, -0.05) is 12.1 Å². The van der Waals surface area contributed by atoms with Crippen LogP contribution in [0.3, 0.4) is 0 Å². The molecule has 4 nitrogen and oxygen atoms in total. The average Bonchev–Trinajstić information content (AvgIpc) is 2.96. The highest BCUT2D eigenvalue weighted by Crippen LogP contribution is 2.60. The zero-order valence-corrected chi connectivity index (χ0v) is 19.3. The first-order valence-electron chi connectivity index (χ1n) is 10.8. The maximum atomic E-state index is 6.40. The van der Waals surface area contributed by atoms with E-state index in [0.717, 1.165) is 36.2 Å². The van der Waals surface area contributed by atoms with Gasteiger partial charge in [-0.25, -0.2) is 0 Å². The second-order valence-electron chi connectivity index (χ2n) is 10.0. The van der Waals surface area contributed by atoms with Crippen LogP contribution in [0, 0.1) is 17.3 Å². The Hall–Kier alpha value is -1.49. The fourth-order valence-corrected chi connectivity index (χ4v) is 7.02. The molecule has 2 fully saturated rings. The smallest absolute Gasteiger partial charge is 0.242 e. The molecule has 1 aromatic rings. The van der Waals surface area contributed by atoms with Gasteiger partial charge in [0.2, 0.25) is 8.32 Å². The third-order valence-corrected chi connectivity index (χ3v) is 8.20. The Morgan fingerprint density at radius 2 is 1.82 bits per heavy atom. The van der Waals surface area contributed by atoms with Crippen LogP contribution in [-0.2, 0) is 11.3 Å². The number of ether oxygens (including phenoxy) is 1. The van der Waals surface area contributed by atoms with Gasteiger partial charge in [-0.15, -0.1) is 0 Å². The quantitative estimate of drug-likeness (QED) is 0.475. The van der Waals surface area contributed by atoms with Crippen LogP contribution in [0.5, 0.6) is 11.5 Å².